The average molecular weight is 276 g/mol. The number of aromatic nitrogens is 2. The monoisotopic (exact) mass is 276 g/mol. The first-order chi connectivity index (χ1) is 9.69. The van der Waals surface area contributed by atoms with E-state index in [1.165, 1.54) is 12.1 Å². The Labute approximate surface area is 116 Å². The van der Waals surface area contributed by atoms with Gasteiger partial charge in [-0.2, -0.15) is 0 Å². The standard InChI is InChI=1S/C14H17FN4O/c1-2-19-12-4-3-9(15)7-10(12)18-13(19)8-11-14(20)17-6-5-16-11/h3-4,7,11,16H,2,5-6,8H2,1H3,(H,17,20). The van der Waals surface area contributed by atoms with Gasteiger partial charge in [0.1, 0.15) is 11.6 Å². The molecular weight excluding hydrogens is 259 g/mol. The molecule has 0 spiro atoms. The Kier molecular flexibility index (Phi) is 3.40. The van der Waals surface area contributed by atoms with Crippen LogP contribution in [0.25, 0.3) is 11.0 Å². The van der Waals surface area contributed by atoms with Gasteiger partial charge in [-0.1, -0.05) is 0 Å². The van der Waals surface area contributed by atoms with Crippen molar-refractivity contribution in [1.82, 2.24) is 20.2 Å². The number of piperazine rings is 1. The third-order valence-electron chi connectivity index (χ3n) is 3.62. The molecule has 1 aromatic carbocycles. The SMILES string of the molecule is CCn1c(CC2NCCNC2=O)nc2cc(F)ccc21. The lowest BCUT2D eigenvalue weighted by atomic mass is 10.1. The van der Waals surface area contributed by atoms with E-state index in [-0.39, 0.29) is 17.8 Å². The second-order valence-electron chi connectivity index (χ2n) is 4.91. The highest BCUT2D eigenvalue weighted by molar-refractivity contribution is 5.83. The van der Waals surface area contributed by atoms with Gasteiger partial charge in [0.25, 0.3) is 0 Å². The molecule has 0 bridgehead atoms. The van der Waals surface area contributed by atoms with Gasteiger partial charge in [-0.15, -0.1) is 0 Å². The summed E-state index contributed by atoms with van der Waals surface area (Å²) < 4.78 is 15.3. The molecule has 1 aromatic heterocycles. The smallest absolute Gasteiger partial charge is 0.237 e. The normalized spacial score (nSPS) is 19.3. The first-order valence-electron chi connectivity index (χ1n) is 6.85. The number of carbonyl (C=O) groups excluding carboxylic acids is 1. The van der Waals surface area contributed by atoms with Gasteiger partial charge in [-0.25, -0.2) is 9.37 Å². The highest BCUT2D eigenvalue weighted by atomic mass is 19.1. The first-order valence-corrected chi connectivity index (χ1v) is 6.85. The molecule has 1 aliphatic heterocycles. The molecular formula is C14H17FN4O. The van der Waals surface area contributed by atoms with Crippen molar-refractivity contribution in [2.45, 2.75) is 25.9 Å². The summed E-state index contributed by atoms with van der Waals surface area (Å²) in [4.78, 5) is 16.3. The summed E-state index contributed by atoms with van der Waals surface area (Å²) in [7, 11) is 0. The van der Waals surface area contributed by atoms with Gasteiger partial charge in [-0.3, -0.25) is 4.79 Å². The molecule has 3 rings (SSSR count). The molecule has 5 nitrogen and oxygen atoms in total. The minimum atomic E-state index is -0.293. The molecule has 0 saturated carbocycles. The van der Waals surface area contributed by atoms with Crippen LogP contribution in [-0.4, -0.2) is 34.6 Å². The van der Waals surface area contributed by atoms with Gasteiger partial charge < -0.3 is 15.2 Å². The second-order valence-corrected chi connectivity index (χ2v) is 4.91. The third kappa shape index (κ3) is 2.27. The summed E-state index contributed by atoms with van der Waals surface area (Å²) in [5, 5.41) is 6.02. The number of carbonyl (C=O) groups is 1. The zero-order valence-electron chi connectivity index (χ0n) is 11.3. The van der Waals surface area contributed by atoms with Crippen LogP contribution >= 0.6 is 0 Å². The molecule has 1 saturated heterocycles. The number of aryl methyl sites for hydroxylation is 1. The maximum Gasteiger partial charge on any atom is 0.237 e. The van der Waals surface area contributed by atoms with E-state index in [0.717, 1.165) is 24.4 Å². The number of hydrogen-bond donors (Lipinski definition) is 2. The van der Waals surface area contributed by atoms with Crippen LogP contribution in [0.2, 0.25) is 0 Å². The van der Waals surface area contributed by atoms with Crippen LogP contribution in [-0.2, 0) is 17.8 Å². The first kappa shape index (κ1) is 13.1. The van der Waals surface area contributed by atoms with Gasteiger partial charge in [0.2, 0.25) is 5.91 Å². The number of nitrogens with one attached hydrogen (secondary N) is 2. The van der Waals surface area contributed by atoms with E-state index >= 15 is 0 Å². The summed E-state index contributed by atoms with van der Waals surface area (Å²) in [6.07, 6.45) is 0.510. The average Bonchev–Trinajstić information content (AvgIpc) is 2.77. The van der Waals surface area contributed by atoms with E-state index in [9.17, 15) is 9.18 Å². The van der Waals surface area contributed by atoms with E-state index in [4.69, 9.17) is 0 Å². The maximum absolute atomic E-state index is 13.3. The maximum atomic E-state index is 13.3. The topological polar surface area (TPSA) is 59.0 Å². The second kappa shape index (κ2) is 5.20. The van der Waals surface area contributed by atoms with E-state index in [2.05, 4.69) is 15.6 Å². The number of halogens is 1. The van der Waals surface area contributed by atoms with Crippen molar-refractivity contribution in [2.24, 2.45) is 0 Å². The summed E-state index contributed by atoms with van der Waals surface area (Å²) in [6, 6.07) is 4.33. The lowest BCUT2D eigenvalue weighted by Gasteiger charge is -2.23. The van der Waals surface area contributed by atoms with Crippen molar-refractivity contribution in [3.63, 3.8) is 0 Å². The molecule has 1 aliphatic rings. The van der Waals surface area contributed by atoms with Crippen molar-refractivity contribution < 1.29 is 9.18 Å². The predicted molar refractivity (Wildman–Crippen MR) is 73.9 cm³/mol. The van der Waals surface area contributed by atoms with Crippen molar-refractivity contribution in [2.75, 3.05) is 13.1 Å². The molecule has 0 aliphatic carbocycles. The Bertz CT molecular complexity index is 652. The van der Waals surface area contributed by atoms with Gasteiger partial charge in [0, 0.05) is 32.1 Å². The minimum Gasteiger partial charge on any atom is -0.353 e. The Balaban J connectivity index is 1.96. The fourth-order valence-electron chi connectivity index (χ4n) is 2.66. The number of nitrogens with zero attached hydrogens (tertiary/aromatic N) is 2. The van der Waals surface area contributed by atoms with Crippen molar-refractivity contribution in [3.05, 3.63) is 29.8 Å². The van der Waals surface area contributed by atoms with Gasteiger partial charge in [0.05, 0.1) is 17.1 Å². The van der Waals surface area contributed by atoms with Gasteiger partial charge in [-0.05, 0) is 19.1 Å². The Hall–Kier alpha value is -1.95. The Morgan fingerprint density at radius 2 is 2.30 bits per heavy atom. The Morgan fingerprint density at radius 1 is 1.45 bits per heavy atom. The summed E-state index contributed by atoms with van der Waals surface area (Å²) in [5.74, 6) is 0.512. The van der Waals surface area contributed by atoms with Gasteiger partial charge in [0.15, 0.2) is 0 Å². The van der Waals surface area contributed by atoms with Crippen LogP contribution in [0, 0.1) is 5.82 Å². The number of benzene rings is 1. The van der Waals surface area contributed by atoms with E-state index in [0.29, 0.717) is 18.5 Å². The van der Waals surface area contributed by atoms with Crippen LogP contribution in [0.5, 0.6) is 0 Å². The van der Waals surface area contributed by atoms with E-state index < -0.39 is 0 Å². The summed E-state index contributed by atoms with van der Waals surface area (Å²) >= 11 is 0. The van der Waals surface area contributed by atoms with Crippen LogP contribution in [0.4, 0.5) is 4.39 Å². The van der Waals surface area contributed by atoms with E-state index in [1.54, 1.807) is 6.07 Å². The van der Waals surface area contributed by atoms with Crippen molar-refractivity contribution in [3.8, 4) is 0 Å². The molecule has 6 heteroatoms. The lowest BCUT2D eigenvalue weighted by molar-refractivity contribution is -0.124. The fourth-order valence-corrected chi connectivity index (χ4v) is 2.66. The number of hydrogen-bond acceptors (Lipinski definition) is 3. The molecule has 2 heterocycles. The molecule has 1 fully saturated rings. The Morgan fingerprint density at radius 3 is 3.05 bits per heavy atom. The summed E-state index contributed by atoms with van der Waals surface area (Å²) in [5.41, 5.74) is 1.54. The molecule has 20 heavy (non-hydrogen) atoms. The largest absolute Gasteiger partial charge is 0.353 e. The number of imidazole rings is 1. The van der Waals surface area contributed by atoms with E-state index in [1.807, 2.05) is 11.5 Å². The highest BCUT2D eigenvalue weighted by Gasteiger charge is 2.24. The van der Waals surface area contributed by atoms with Crippen LogP contribution in [0.3, 0.4) is 0 Å². The minimum absolute atomic E-state index is 0.00265. The van der Waals surface area contributed by atoms with Crippen LogP contribution < -0.4 is 10.6 Å². The lowest BCUT2D eigenvalue weighted by Crippen LogP contribution is -2.54. The molecule has 1 amide bonds. The zero-order valence-corrected chi connectivity index (χ0v) is 11.3. The number of rotatable bonds is 3. The molecule has 2 aromatic rings. The predicted octanol–water partition coefficient (Wildman–Crippen LogP) is 0.826. The molecule has 2 N–H and O–H groups in total. The number of amides is 1. The fraction of sp³-hybridized carbons (Fsp3) is 0.429. The van der Waals surface area contributed by atoms with Gasteiger partial charge >= 0.3 is 0 Å². The van der Waals surface area contributed by atoms with Crippen LogP contribution in [0.15, 0.2) is 18.2 Å². The van der Waals surface area contributed by atoms with Crippen molar-refractivity contribution >= 4 is 16.9 Å². The molecule has 106 valence electrons. The number of fused-ring (bicyclic) bond motifs is 1. The summed E-state index contributed by atoms with van der Waals surface area (Å²) in [6.45, 7) is 4.18. The molecule has 0 radical (unpaired) electrons. The highest BCUT2D eigenvalue weighted by Crippen LogP contribution is 2.18. The third-order valence-corrected chi connectivity index (χ3v) is 3.62. The molecule has 1 unspecified atom stereocenters. The quantitative estimate of drug-likeness (QED) is 0.873. The van der Waals surface area contributed by atoms with Crippen LogP contribution in [0.1, 0.15) is 12.7 Å². The zero-order chi connectivity index (χ0) is 14.1. The molecule has 1 atom stereocenters. The van der Waals surface area contributed by atoms with Crippen molar-refractivity contribution in [1.29, 1.82) is 0 Å².